The number of amides is 1. The van der Waals surface area contributed by atoms with Crippen molar-refractivity contribution in [2.45, 2.75) is 5.72 Å². The smallest absolute Gasteiger partial charge is 0.364 e. The van der Waals surface area contributed by atoms with Gasteiger partial charge in [-0.2, -0.15) is 0 Å². The van der Waals surface area contributed by atoms with Crippen molar-refractivity contribution in [3.63, 3.8) is 0 Å². The highest BCUT2D eigenvalue weighted by Crippen LogP contribution is 2.36. The van der Waals surface area contributed by atoms with E-state index in [1.54, 1.807) is 18.2 Å². The molecule has 0 aliphatic carbocycles. The third-order valence-electron chi connectivity index (χ3n) is 2.79. The van der Waals surface area contributed by atoms with Crippen LogP contribution in [0, 0.1) is 0 Å². The number of ether oxygens (including phenoxy) is 1. The molecule has 1 unspecified atom stereocenters. The minimum Gasteiger partial charge on any atom is -0.465 e. The van der Waals surface area contributed by atoms with Crippen molar-refractivity contribution < 1.29 is 19.4 Å². The van der Waals surface area contributed by atoms with Crippen molar-refractivity contribution in [1.82, 2.24) is 4.90 Å². The summed E-state index contributed by atoms with van der Waals surface area (Å²) >= 11 is 0. The summed E-state index contributed by atoms with van der Waals surface area (Å²) in [6.07, 6.45) is 0. The van der Waals surface area contributed by atoms with E-state index in [-0.39, 0.29) is 5.56 Å². The number of hydrogen-bond donors (Lipinski definition) is 1. The van der Waals surface area contributed by atoms with Gasteiger partial charge in [-0.15, -0.1) is 0 Å². The van der Waals surface area contributed by atoms with E-state index in [0.717, 1.165) is 4.90 Å². The number of benzene rings is 1. The monoisotopic (exact) mass is 221 g/mol. The van der Waals surface area contributed by atoms with Crippen LogP contribution in [0.15, 0.2) is 24.3 Å². The summed E-state index contributed by atoms with van der Waals surface area (Å²) in [5, 5.41) is 10.3. The van der Waals surface area contributed by atoms with Crippen LogP contribution in [0.4, 0.5) is 0 Å². The number of esters is 1. The zero-order chi connectivity index (χ0) is 11.9. The Morgan fingerprint density at radius 2 is 2.06 bits per heavy atom. The largest absolute Gasteiger partial charge is 0.465 e. The van der Waals surface area contributed by atoms with E-state index in [1.807, 2.05) is 0 Å². The summed E-state index contributed by atoms with van der Waals surface area (Å²) in [4.78, 5) is 24.4. The van der Waals surface area contributed by atoms with Gasteiger partial charge in [0.25, 0.3) is 11.6 Å². The summed E-state index contributed by atoms with van der Waals surface area (Å²) in [5.41, 5.74) is -1.44. The van der Waals surface area contributed by atoms with Gasteiger partial charge in [-0.1, -0.05) is 18.2 Å². The lowest BCUT2D eigenvalue weighted by Crippen LogP contribution is -2.48. The Bertz CT molecular complexity index is 471. The van der Waals surface area contributed by atoms with E-state index in [2.05, 4.69) is 4.74 Å². The number of methoxy groups -OCH3 is 1. The van der Waals surface area contributed by atoms with Gasteiger partial charge >= 0.3 is 5.97 Å². The second-order valence-electron chi connectivity index (χ2n) is 3.57. The highest BCUT2D eigenvalue weighted by Gasteiger charge is 2.53. The first-order chi connectivity index (χ1) is 7.53. The van der Waals surface area contributed by atoms with Gasteiger partial charge in [0, 0.05) is 18.2 Å². The molecule has 1 aromatic rings. The van der Waals surface area contributed by atoms with Crippen LogP contribution in [-0.4, -0.2) is 36.0 Å². The molecule has 1 aromatic carbocycles. The number of rotatable bonds is 1. The van der Waals surface area contributed by atoms with Gasteiger partial charge < -0.3 is 14.7 Å². The second-order valence-corrected chi connectivity index (χ2v) is 3.57. The van der Waals surface area contributed by atoms with Gasteiger partial charge in [-0.25, -0.2) is 4.79 Å². The van der Waals surface area contributed by atoms with Gasteiger partial charge in [0.1, 0.15) is 0 Å². The second kappa shape index (κ2) is 3.31. The maximum absolute atomic E-state index is 11.8. The third-order valence-corrected chi connectivity index (χ3v) is 2.79. The highest BCUT2D eigenvalue weighted by molar-refractivity contribution is 6.04. The molecule has 0 saturated carbocycles. The maximum atomic E-state index is 11.8. The highest BCUT2D eigenvalue weighted by atomic mass is 16.5. The molecule has 1 aliphatic heterocycles. The van der Waals surface area contributed by atoms with E-state index in [9.17, 15) is 14.7 Å². The van der Waals surface area contributed by atoms with Crippen molar-refractivity contribution in [1.29, 1.82) is 0 Å². The minimum absolute atomic E-state index is 0.259. The van der Waals surface area contributed by atoms with Crippen LogP contribution >= 0.6 is 0 Å². The fourth-order valence-corrected chi connectivity index (χ4v) is 1.87. The molecule has 1 heterocycles. The molecule has 1 amide bonds. The molecule has 84 valence electrons. The predicted octanol–water partition coefficient (Wildman–Crippen LogP) is 0.0903. The van der Waals surface area contributed by atoms with Crippen LogP contribution in [0.5, 0.6) is 0 Å². The summed E-state index contributed by atoms with van der Waals surface area (Å²) < 4.78 is 4.53. The van der Waals surface area contributed by atoms with Crippen molar-refractivity contribution in [3.05, 3.63) is 35.4 Å². The lowest BCUT2D eigenvalue weighted by atomic mass is 10.0. The molecule has 5 heteroatoms. The Balaban J connectivity index is 2.65. The molecule has 16 heavy (non-hydrogen) atoms. The van der Waals surface area contributed by atoms with Gasteiger partial charge in [-0.05, 0) is 6.07 Å². The summed E-state index contributed by atoms with van der Waals surface area (Å²) in [6.45, 7) is 0. The fraction of sp³-hybridized carbons (Fsp3) is 0.273. The van der Waals surface area contributed by atoms with Crippen LogP contribution in [0.25, 0.3) is 0 Å². The molecule has 0 saturated heterocycles. The Morgan fingerprint density at radius 1 is 1.44 bits per heavy atom. The zero-order valence-electron chi connectivity index (χ0n) is 8.93. The van der Waals surface area contributed by atoms with E-state index >= 15 is 0 Å². The molecular formula is C11H11NO4. The lowest BCUT2D eigenvalue weighted by molar-refractivity contribution is -0.178. The van der Waals surface area contributed by atoms with Gasteiger partial charge in [0.15, 0.2) is 0 Å². The molecular weight excluding hydrogens is 210 g/mol. The molecule has 0 radical (unpaired) electrons. The molecule has 2 rings (SSSR count). The number of hydrogen-bond acceptors (Lipinski definition) is 4. The first kappa shape index (κ1) is 10.6. The fourth-order valence-electron chi connectivity index (χ4n) is 1.87. The van der Waals surface area contributed by atoms with E-state index < -0.39 is 17.6 Å². The Kier molecular flexibility index (Phi) is 2.20. The van der Waals surface area contributed by atoms with Crippen LogP contribution in [0.1, 0.15) is 15.9 Å². The number of carbonyl (C=O) groups is 2. The topological polar surface area (TPSA) is 66.8 Å². The SMILES string of the molecule is COC(=O)C1(O)c2ccccc2C(=O)N1C. The summed E-state index contributed by atoms with van der Waals surface area (Å²) in [5.74, 6) is -1.27. The van der Waals surface area contributed by atoms with E-state index in [1.165, 1.54) is 20.2 Å². The molecule has 0 fully saturated rings. The molecule has 0 aromatic heterocycles. The average molecular weight is 221 g/mol. The van der Waals surface area contributed by atoms with E-state index in [0.29, 0.717) is 5.56 Å². The molecule has 5 nitrogen and oxygen atoms in total. The predicted molar refractivity (Wildman–Crippen MR) is 54.4 cm³/mol. The standard InChI is InChI=1S/C11H11NO4/c1-12-9(13)7-5-3-4-6-8(7)11(12,15)10(14)16-2/h3-6,15H,1-2H3. The minimum atomic E-state index is -2.01. The summed E-state index contributed by atoms with van der Waals surface area (Å²) in [7, 11) is 2.53. The number of likely N-dealkylation sites (N-methyl/N-ethyl adjacent to an activating group) is 1. The van der Waals surface area contributed by atoms with Crippen molar-refractivity contribution in [2.75, 3.05) is 14.2 Å². The Hall–Kier alpha value is -1.88. The lowest BCUT2D eigenvalue weighted by Gasteiger charge is -2.27. The quantitative estimate of drug-likeness (QED) is 0.682. The van der Waals surface area contributed by atoms with Gasteiger partial charge in [0.05, 0.1) is 7.11 Å². The van der Waals surface area contributed by atoms with Crippen LogP contribution in [-0.2, 0) is 15.3 Å². The number of carbonyl (C=O) groups excluding carboxylic acids is 2. The molecule has 0 spiro atoms. The molecule has 1 N–H and O–H groups in total. The van der Waals surface area contributed by atoms with Crippen molar-refractivity contribution >= 4 is 11.9 Å². The third kappa shape index (κ3) is 1.09. The normalized spacial score (nSPS) is 23.2. The molecule has 1 aliphatic rings. The number of fused-ring (bicyclic) bond motifs is 1. The van der Waals surface area contributed by atoms with Gasteiger partial charge in [0.2, 0.25) is 0 Å². The van der Waals surface area contributed by atoms with Crippen molar-refractivity contribution in [2.24, 2.45) is 0 Å². The molecule has 1 atom stereocenters. The van der Waals surface area contributed by atoms with Gasteiger partial charge in [-0.3, -0.25) is 4.79 Å². The first-order valence-corrected chi connectivity index (χ1v) is 4.72. The Morgan fingerprint density at radius 3 is 2.69 bits per heavy atom. The number of nitrogens with zero attached hydrogens (tertiary/aromatic N) is 1. The average Bonchev–Trinajstić information content (AvgIpc) is 2.52. The van der Waals surface area contributed by atoms with Crippen molar-refractivity contribution in [3.8, 4) is 0 Å². The van der Waals surface area contributed by atoms with Crippen LogP contribution in [0.3, 0.4) is 0 Å². The zero-order valence-corrected chi connectivity index (χ0v) is 8.93. The number of aliphatic hydroxyl groups is 1. The molecule has 0 bridgehead atoms. The van der Waals surface area contributed by atoms with E-state index in [4.69, 9.17) is 0 Å². The van der Waals surface area contributed by atoms with Crippen LogP contribution in [0.2, 0.25) is 0 Å². The van der Waals surface area contributed by atoms with Crippen LogP contribution < -0.4 is 0 Å². The first-order valence-electron chi connectivity index (χ1n) is 4.72. The Labute approximate surface area is 92.2 Å². The summed E-state index contributed by atoms with van der Waals surface area (Å²) in [6, 6.07) is 6.43. The maximum Gasteiger partial charge on any atom is 0.364 e.